The van der Waals surface area contributed by atoms with Crippen molar-refractivity contribution in [3.8, 4) is 11.4 Å². The van der Waals surface area contributed by atoms with Gasteiger partial charge in [0.05, 0.1) is 30.6 Å². The van der Waals surface area contributed by atoms with Crippen LogP contribution in [0.5, 0.6) is 5.75 Å². The molecule has 3 aromatic rings. The second kappa shape index (κ2) is 9.61. The molecular formula is C27H29F3N4O2. The van der Waals surface area contributed by atoms with Gasteiger partial charge in [-0.05, 0) is 55.8 Å². The molecule has 6 nitrogen and oxygen atoms in total. The van der Waals surface area contributed by atoms with Crippen molar-refractivity contribution in [2.75, 3.05) is 20.2 Å². The molecule has 36 heavy (non-hydrogen) atoms. The number of rotatable bonds is 7. The van der Waals surface area contributed by atoms with Crippen LogP contribution in [0.2, 0.25) is 0 Å². The van der Waals surface area contributed by atoms with E-state index in [9.17, 15) is 18.0 Å². The van der Waals surface area contributed by atoms with Gasteiger partial charge >= 0.3 is 6.18 Å². The molecule has 0 saturated heterocycles. The van der Waals surface area contributed by atoms with Crippen LogP contribution in [0.15, 0.2) is 48.5 Å². The number of alkyl halides is 3. The highest BCUT2D eigenvalue weighted by atomic mass is 19.4. The minimum Gasteiger partial charge on any atom is -0.494 e. The zero-order valence-corrected chi connectivity index (χ0v) is 20.4. The van der Waals surface area contributed by atoms with Crippen LogP contribution in [0, 0.1) is 0 Å². The number of hydrogen-bond donors (Lipinski definition) is 0. The van der Waals surface area contributed by atoms with Crippen LogP contribution in [-0.4, -0.2) is 51.7 Å². The summed E-state index contributed by atoms with van der Waals surface area (Å²) in [5.74, 6) is 0.446. The number of methoxy groups -OCH3 is 1. The summed E-state index contributed by atoms with van der Waals surface area (Å²) in [4.78, 5) is 17.6. The molecular weight excluding hydrogens is 469 g/mol. The predicted molar refractivity (Wildman–Crippen MR) is 129 cm³/mol. The molecule has 0 unspecified atom stereocenters. The number of aromatic nitrogens is 2. The Hall–Kier alpha value is -3.33. The molecule has 0 spiro atoms. The quantitative estimate of drug-likeness (QED) is 0.456. The van der Waals surface area contributed by atoms with E-state index < -0.39 is 11.7 Å². The van der Waals surface area contributed by atoms with E-state index >= 15 is 0 Å². The number of hydrogen-bond acceptors (Lipinski definition) is 4. The summed E-state index contributed by atoms with van der Waals surface area (Å²) in [6, 6.07) is 12.3. The highest BCUT2D eigenvalue weighted by Crippen LogP contribution is 2.34. The van der Waals surface area contributed by atoms with Gasteiger partial charge in [-0.1, -0.05) is 19.1 Å². The zero-order valence-electron chi connectivity index (χ0n) is 20.4. The van der Waals surface area contributed by atoms with Crippen molar-refractivity contribution in [2.45, 2.75) is 51.5 Å². The van der Waals surface area contributed by atoms with Crippen molar-refractivity contribution in [1.29, 1.82) is 0 Å². The van der Waals surface area contributed by atoms with Gasteiger partial charge in [-0.3, -0.25) is 9.69 Å². The fraction of sp³-hybridized carbons (Fsp3) is 0.407. The van der Waals surface area contributed by atoms with Gasteiger partial charge < -0.3 is 9.64 Å². The van der Waals surface area contributed by atoms with Crippen molar-refractivity contribution >= 4 is 5.91 Å². The third-order valence-corrected chi connectivity index (χ3v) is 7.01. The fourth-order valence-electron chi connectivity index (χ4n) is 4.82. The van der Waals surface area contributed by atoms with Crippen molar-refractivity contribution in [3.63, 3.8) is 0 Å². The summed E-state index contributed by atoms with van der Waals surface area (Å²) in [6.07, 6.45) is -1.86. The Morgan fingerprint density at radius 1 is 1.14 bits per heavy atom. The molecule has 1 amide bonds. The van der Waals surface area contributed by atoms with Crippen LogP contribution in [-0.2, 0) is 25.7 Å². The molecule has 2 aromatic carbocycles. The number of carbonyl (C=O) groups excluding carboxylic acids is 1. The summed E-state index contributed by atoms with van der Waals surface area (Å²) in [5, 5.41) is 4.98. The number of amides is 1. The molecule has 1 saturated carbocycles. The number of carbonyl (C=O) groups is 1. The number of halogens is 3. The SMILES string of the molecule is CCN1CCc2c(c(CN(C(=O)c3ccc(C(F)(F)F)cc3)C3CC3)nn2-c2ccccc2OC)C1. The van der Waals surface area contributed by atoms with Gasteiger partial charge in [-0.25, -0.2) is 4.68 Å². The molecule has 9 heteroatoms. The van der Waals surface area contributed by atoms with Crippen LogP contribution in [0.3, 0.4) is 0 Å². The van der Waals surface area contributed by atoms with Crippen LogP contribution >= 0.6 is 0 Å². The highest BCUT2D eigenvalue weighted by molar-refractivity contribution is 5.94. The molecule has 190 valence electrons. The number of nitrogens with zero attached hydrogens (tertiary/aromatic N) is 4. The first-order chi connectivity index (χ1) is 17.3. The Morgan fingerprint density at radius 3 is 2.50 bits per heavy atom. The maximum Gasteiger partial charge on any atom is 0.416 e. The van der Waals surface area contributed by atoms with E-state index in [-0.39, 0.29) is 17.5 Å². The van der Waals surface area contributed by atoms with Crippen LogP contribution in [0.25, 0.3) is 5.69 Å². The lowest BCUT2D eigenvalue weighted by Crippen LogP contribution is -2.34. The third-order valence-electron chi connectivity index (χ3n) is 7.01. The second-order valence-corrected chi connectivity index (χ2v) is 9.31. The van der Waals surface area contributed by atoms with E-state index in [2.05, 4.69) is 11.8 Å². The number of likely N-dealkylation sites (N-methyl/N-ethyl adjacent to an activating group) is 1. The van der Waals surface area contributed by atoms with E-state index in [1.54, 1.807) is 12.0 Å². The zero-order chi connectivity index (χ0) is 25.4. The molecule has 1 aromatic heterocycles. The van der Waals surface area contributed by atoms with E-state index in [1.807, 2.05) is 28.9 Å². The maximum atomic E-state index is 13.4. The van der Waals surface area contributed by atoms with E-state index in [4.69, 9.17) is 9.84 Å². The Balaban J connectivity index is 1.50. The second-order valence-electron chi connectivity index (χ2n) is 9.31. The first-order valence-electron chi connectivity index (χ1n) is 12.2. The number of para-hydroxylation sites is 2. The van der Waals surface area contributed by atoms with Gasteiger partial charge in [0.15, 0.2) is 0 Å². The minimum absolute atomic E-state index is 0.0673. The minimum atomic E-state index is -4.44. The summed E-state index contributed by atoms with van der Waals surface area (Å²) in [7, 11) is 1.63. The van der Waals surface area contributed by atoms with Crippen molar-refractivity contribution < 1.29 is 22.7 Å². The number of fused-ring (bicyclic) bond motifs is 1. The first-order valence-corrected chi connectivity index (χ1v) is 12.2. The molecule has 1 fully saturated rings. The lowest BCUT2D eigenvalue weighted by molar-refractivity contribution is -0.137. The molecule has 0 N–H and O–H groups in total. The Bertz CT molecular complexity index is 1250. The lowest BCUT2D eigenvalue weighted by atomic mass is 10.0. The number of benzene rings is 2. The molecule has 1 aliphatic carbocycles. The van der Waals surface area contributed by atoms with Gasteiger partial charge in [-0.2, -0.15) is 18.3 Å². The predicted octanol–water partition coefficient (Wildman–Crippen LogP) is 5.08. The van der Waals surface area contributed by atoms with Gasteiger partial charge in [-0.15, -0.1) is 0 Å². The molecule has 0 atom stereocenters. The van der Waals surface area contributed by atoms with Crippen LogP contribution in [0.4, 0.5) is 13.2 Å². The summed E-state index contributed by atoms with van der Waals surface area (Å²) < 4.78 is 46.5. The largest absolute Gasteiger partial charge is 0.494 e. The molecule has 2 aliphatic rings. The molecule has 5 rings (SSSR count). The summed E-state index contributed by atoms with van der Waals surface area (Å²) in [6.45, 7) is 5.01. The maximum absolute atomic E-state index is 13.4. The molecule has 1 aliphatic heterocycles. The summed E-state index contributed by atoms with van der Waals surface area (Å²) >= 11 is 0. The average Bonchev–Trinajstić information content (AvgIpc) is 3.67. The Morgan fingerprint density at radius 2 is 1.86 bits per heavy atom. The van der Waals surface area contributed by atoms with Crippen LogP contribution in [0.1, 0.15) is 52.6 Å². The van der Waals surface area contributed by atoms with E-state index in [0.29, 0.717) is 12.3 Å². The Labute approximate surface area is 208 Å². The standard InChI is InChI=1S/C27H29F3N4O2/c1-3-32-15-14-23-21(16-32)22(31-34(23)24-6-4-5-7-25(24)36-2)17-33(20-12-13-20)26(35)18-8-10-19(11-9-18)27(28,29)30/h4-11,20H,3,12-17H2,1-2H3. The van der Waals surface area contributed by atoms with Gasteiger partial charge in [0.2, 0.25) is 0 Å². The van der Waals surface area contributed by atoms with Crippen LogP contribution < -0.4 is 4.74 Å². The summed E-state index contributed by atoms with van der Waals surface area (Å²) in [5.41, 5.74) is 3.38. The fourth-order valence-corrected chi connectivity index (χ4v) is 4.82. The highest BCUT2D eigenvalue weighted by Gasteiger charge is 2.36. The molecule has 0 radical (unpaired) electrons. The van der Waals surface area contributed by atoms with Gasteiger partial charge in [0.1, 0.15) is 11.4 Å². The van der Waals surface area contributed by atoms with E-state index in [1.165, 1.54) is 12.1 Å². The monoisotopic (exact) mass is 498 g/mol. The third kappa shape index (κ3) is 4.72. The molecule has 0 bridgehead atoms. The average molecular weight is 499 g/mol. The number of ether oxygens (including phenoxy) is 1. The van der Waals surface area contributed by atoms with Gasteiger partial charge in [0, 0.05) is 36.7 Å². The van der Waals surface area contributed by atoms with Crippen molar-refractivity contribution in [2.24, 2.45) is 0 Å². The molecule has 2 heterocycles. The van der Waals surface area contributed by atoms with Crippen molar-refractivity contribution in [3.05, 3.63) is 76.6 Å². The van der Waals surface area contributed by atoms with Crippen molar-refractivity contribution in [1.82, 2.24) is 19.6 Å². The lowest BCUT2D eigenvalue weighted by Gasteiger charge is -2.27. The van der Waals surface area contributed by atoms with E-state index in [0.717, 1.165) is 73.7 Å². The normalized spacial score (nSPS) is 16.0. The smallest absolute Gasteiger partial charge is 0.416 e. The topological polar surface area (TPSA) is 50.6 Å². The first kappa shape index (κ1) is 24.4. The Kier molecular flexibility index (Phi) is 6.51. The van der Waals surface area contributed by atoms with Gasteiger partial charge in [0.25, 0.3) is 5.91 Å².